The fourth-order valence-electron chi connectivity index (χ4n) is 1.22. The molecule has 1 aromatic rings. The molecule has 0 spiro atoms. The summed E-state index contributed by atoms with van der Waals surface area (Å²) in [5.41, 5.74) is 2.86. The van der Waals surface area contributed by atoms with Gasteiger partial charge < -0.3 is 5.32 Å². The fraction of sp³-hybridized carbons (Fsp3) is 0.400. The standard InChI is InChI=1S/C10H15NS.ClH/c1-11-7-9-5-3-4-6-10(9)8-12-2;/h3-6,11H,7-8H2,1-2H3;1H. The summed E-state index contributed by atoms with van der Waals surface area (Å²) in [7, 11) is 1.98. The van der Waals surface area contributed by atoms with E-state index in [1.807, 2.05) is 18.8 Å². The van der Waals surface area contributed by atoms with Crippen LogP contribution in [0.5, 0.6) is 0 Å². The minimum atomic E-state index is 0. The van der Waals surface area contributed by atoms with Gasteiger partial charge in [-0.2, -0.15) is 11.8 Å². The molecule has 0 fully saturated rings. The number of hydrogen-bond acceptors (Lipinski definition) is 2. The van der Waals surface area contributed by atoms with Crippen molar-refractivity contribution in [3.8, 4) is 0 Å². The second-order valence-electron chi connectivity index (χ2n) is 2.73. The maximum absolute atomic E-state index is 3.17. The van der Waals surface area contributed by atoms with Gasteiger partial charge in [0.15, 0.2) is 0 Å². The van der Waals surface area contributed by atoms with E-state index in [2.05, 4.69) is 35.8 Å². The zero-order valence-electron chi connectivity index (χ0n) is 8.04. The Balaban J connectivity index is 0.00000144. The highest BCUT2D eigenvalue weighted by atomic mass is 35.5. The lowest BCUT2D eigenvalue weighted by molar-refractivity contribution is 0.811. The van der Waals surface area contributed by atoms with Crippen molar-refractivity contribution in [1.29, 1.82) is 0 Å². The third kappa shape index (κ3) is 4.03. The number of hydrogen-bond donors (Lipinski definition) is 1. The van der Waals surface area contributed by atoms with Crippen molar-refractivity contribution >= 4 is 24.2 Å². The first-order valence-electron chi connectivity index (χ1n) is 4.08. The van der Waals surface area contributed by atoms with Gasteiger partial charge in [0.1, 0.15) is 0 Å². The largest absolute Gasteiger partial charge is 0.316 e. The summed E-state index contributed by atoms with van der Waals surface area (Å²) in [4.78, 5) is 0. The number of nitrogens with one attached hydrogen (secondary N) is 1. The van der Waals surface area contributed by atoms with Crippen LogP contribution in [0.4, 0.5) is 0 Å². The molecule has 0 aliphatic rings. The van der Waals surface area contributed by atoms with Crippen LogP contribution in [0.1, 0.15) is 11.1 Å². The van der Waals surface area contributed by atoms with Crippen LogP contribution in [0.15, 0.2) is 24.3 Å². The van der Waals surface area contributed by atoms with E-state index in [-0.39, 0.29) is 12.4 Å². The minimum absolute atomic E-state index is 0. The summed E-state index contributed by atoms with van der Waals surface area (Å²) in [5, 5.41) is 3.17. The molecule has 0 unspecified atom stereocenters. The van der Waals surface area contributed by atoms with E-state index in [1.54, 1.807) is 0 Å². The Hall–Kier alpha value is -0.180. The fourth-order valence-corrected chi connectivity index (χ4v) is 1.81. The second-order valence-corrected chi connectivity index (χ2v) is 3.60. The van der Waals surface area contributed by atoms with Crippen molar-refractivity contribution in [3.63, 3.8) is 0 Å². The molecule has 0 aliphatic heterocycles. The van der Waals surface area contributed by atoms with E-state index in [0.717, 1.165) is 12.3 Å². The van der Waals surface area contributed by atoms with Crippen molar-refractivity contribution in [1.82, 2.24) is 5.32 Å². The molecule has 1 N–H and O–H groups in total. The van der Waals surface area contributed by atoms with E-state index in [0.29, 0.717) is 0 Å². The summed E-state index contributed by atoms with van der Waals surface area (Å²) in [5.74, 6) is 1.11. The lowest BCUT2D eigenvalue weighted by atomic mass is 10.1. The Bertz CT molecular complexity index is 215. The number of halogens is 1. The lowest BCUT2D eigenvalue weighted by Crippen LogP contribution is -2.07. The summed E-state index contributed by atoms with van der Waals surface area (Å²) in [6, 6.07) is 8.58. The van der Waals surface area contributed by atoms with Crippen LogP contribution in [0.25, 0.3) is 0 Å². The smallest absolute Gasteiger partial charge is 0.0205 e. The van der Waals surface area contributed by atoms with Crippen LogP contribution < -0.4 is 5.32 Å². The van der Waals surface area contributed by atoms with Crippen molar-refractivity contribution < 1.29 is 0 Å². The highest BCUT2D eigenvalue weighted by Crippen LogP contribution is 2.14. The predicted molar refractivity (Wildman–Crippen MR) is 63.7 cm³/mol. The first-order chi connectivity index (χ1) is 5.88. The molecule has 0 aromatic heterocycles. The van der Waals surface area contributed by atoms with Gasteiger partial charge in [0.25, 0.3) is 0 Å². The number of benzene rings is 1. The van der Waals surface area contributed by atoms with Gasteiger partial charge in [-0.25, -0.2) is 0 Å². The zero-order chi connectivity index (χ0) is 8.81. The Labute approximate surface area is 90.7 Å². The van der Waals surface area contributed by atoms with Gasteiger partial charge in [-0.1, -0.05) is 24.3 Å². The van der Waals surface area contributed by atoms with Crippen LogP contribution >= 0.6 is 24.2 Å². The van der Waals surface area contributed by atoms with E-state index in [4.69, 9.17) is 0 Å². The summed E-state index contributed by atoms with van der Waals surface area (Å²) in [6.45, 7) is 0.969. The summed E-state index contributed by atoms with van der Waals surface area (Å²) >= 11 is 1.87. The van der Waals surface area contributed by atoms with Gasteiger partial charge in [0.05, 0.1) is 0 Å². The summed E-state index contributed by atoms with van der Waals surface area (Å²) in [6.07, 6.45) is 2.14. The van der Waals surface area contributed by atoms with Gasteiger partial charge in [0, 0.05) is 12.3 Å². The molecule has 1 aromatic carbocycles. The normalized spacial score (nSPS) is 9.38. The maximum atomic E-state index is 3.17. The van der Waals surface area contributed by atoms with Gasteiger partial charge in [-0.3, -0.25) is 0 Å². The topological polar surface area (TPSA) is 12.0 Å². The van der Waals surface area contributed by atoms with Gasteiger partial charge in [-0.05, 0) is 24.4 Å². The van der Waals surface area contributed by atoms with Crippen LogP contribution in [-0.2, 0) is 12.3 Å². The second kappa shape index (κ2) is 7.25. The molecule has 0 saturated heterocycles. The van der Waals surface area contributed by atoms with E-state index < -0.39 is 0 Å². The molecule has 0 radical (unpaired) electrons. The molecule has 1 rings (SSSR count). The van der Waals surface area contributed by atoms with Gasteiger partial charge in [0.2, 0.25) is 0 Å². The van der Waals surface area contributed by atoms with Crippen molar-refractivity contribution in [2.45, 2.75) is 12.3 Å². The van der Waals surface area contributed by atoms with E-state index in [9.17, 15) is 0 Å². The Morgan fingerprint density at radius 2 is 1.85 bits per heavy atom. The van der Waals surface area contributed by atoms with Crippen LogP contribution in [-0.4, -0.2) is 13.3 Å². The highest BCUT2D eigenvalue weighted by molar-refractivity contribution is 7.97. The highest BCUT2D eigenvalue weighted by Gasteiger charge is 1.98. The molecule has 0 heterocycles. The van der Waals surface area contributed by atoms with Crippen molar-refractivity contribution in [2.24, 2.45) is 0 Å². The molecule has 0 atom stereocenters. The summed E-state index contributed by atoms with van der Waals surface area (Å²) < 4.78 is 0. The van der Waals surface area contributed by atoms with Crippen LogP contribution in [0.2, 0.25) is 0 Å². The molecule has 13 heavy (non-hydrogen) atoms. The first kappa shape index (κ1) is 12.8. The Kier molecular flexibility index (Phi) is 7.14. The molecular formula is C10H16ClNS. The minimum Gasteiger partial charge on any atom is -0.316 e. The predicted octanol–water partition coefficient (Wildman–Crippen LogP) is 2.69. The maximum Gasteiger partial charge on any atom is 0.0205 e. The van der Waals surface area contributed by atoms with E-state index >= 15 is 0 Å². The molecule has 74 valence electrons. The first-order valence-corrected chi connectivity index (χ1v) is 5.48. The Morgan fingerprint density at radius 1 is 1.23 bits per heavy atom. The molecule has 0 bridgehead atoms. The zero-order valence-corrected chi connectivity index (χ0v) is 9.67. The molecule has 1 nitrogen and oxygen atoms in total. The SMILES string of the molecule is CNCc1ccccc1CSC.Cl. The van der Waals surface area contributed by atoms with E-state index in [1.165, 1.54) is 11.1 Å². The van der Waals surface area contributed by atoms with Crippen LogP contribution in [0, 0.1) is 0 Å². The third-order valence-electron chi connectivity index (χ3n) is 1.79. The quantitative estimate of drug-likeness (QED) is 0.833. The molecule has 0 saturated carbocycles. The monoisotopic (exact) mass is 217 g/mol. The molecule has 0 aliphatic carbocycles. The lowest BCUT2D eigenvalue weighted by Gasteiger charge is -2.06. The average Bonchev–Trinajstić information content (AvgIpc) is 2.09. The van der Waals surface area contributed by atoms with Crippen LogP contribution in [0.3, 0.4) is 0 Å². The molecular weight excluding hydrogens is 202 g/mol. The molecule has 0 amide bonds. The van der Waals surface area contributed by atoms with Gasteiger partial charge >= 0.3 is 0 Å². The molecule has 3 heteroatoms. The number of thioether (sulfide) groups is 1. The average molecular weight is 218 g/mol. The van der Waals surface area contributed by atoms with Gasteiger partial charge in [-0.15, -0.1) is 12.4 Å². The Morgan fingerprint density at radius 3 is 2.38 bits per heavy atom. The number of rotatable bonds is 4. The van der Waals surface area contributed by atoms with Crippen molar-refractivity contribution in [2.75, 3.05) is 13.3 Å². The third-order valence-corrected chi connectivity index (χ3v) is 2.39. The van der Waals surface area contributed by atoms with Crippen molar-refractivity contribution in [3.05, 3.63) is 35.4 Å².